The molecule has 0 aliphatic heterocycles. The second-order valence-electron chi connectivity index (χ2n) is 8.04. The third kappa shape index (κ3) is 5.02. The first-order valence-electron chi connectivity index (χ1n) is 10.2. The number of hydrogen-bond donors (Lipinski definition) is 2. The van der Waals surface area contributed by atoms with E-state index in [1.807, 2.05) is 17.8 Å². The van der Waals surface area contributed by atoms with Gasteiger partial charge in [0.25, 0.3) is 5.88 Å². The lowest BCUT2D eigenvalue weighted by molar-refractivity contribution is -0.119. The number of aryl methyl sites for hydroxylation is 1. The maximum Gasteiger partial charge on any atom is 0.255 e. The molecule has 2 N–H and O–H groups in total. The van der Waals surface area contributed by atoms with Gasteiger partial charge in [-0.1, -0.05) is 0 Å². The Morgan fingerprint density at radius 1 is 1.28 bits per heavy atom. The second kappa shape index (κ2) is 8.34. The lowest BCUT2D eigenvalue weighted by Crippen LogP contribution is -2.37. The van der Waals surface area contributed by atoms with Crippen molar-refractivity contribution in [1.29, 1.82) is 0 Å². The van der Waals surface area contributed by atoms with Crippen LogP contribution in [-0.2, 0) is 4.79 Å². The van der Waals surface area contributed by atoms with Crippen molar-refractivity contribution in [1.82, 2.24) is 25.1 Å². The van der Waals surface area contributed by atoms with Crippen LogP contribution in [0.4, 0.5) is 16.0 Å². The van der Waals surface area contributed by atoms with Crippen LogP contribution in [0.15, 0.2) is 12.4 Å². The van der Waals surface area contributed by atoms with Crippen LogP contribution in [0.25, 0.3) is 0 Å². The molecule has 2 aromatic heterocycles. The van der Waals surface area contributed by atoms with E-state index in [1.165, 1.54) is 6.92 Å². The molecule has 0 unspecified atom stereocenters. The highest BCUT2D eigenvalue weighted by Crippen LogP contribution is 2.35. The number of nitrogens with one attached hydrogen (secondary N) is 2. The van der Waals surface area contributed by atoms with Crippen molar-refractivity contribution in [3.05, 3.63) is 23.9 Å². The van der Waals surface area contributed by atoms with Crippen molar-refractivity contribution < 1.29 is 13.9 Å². The van der Waals surface area contributed by atoms with Crippen LogP contribution in [0.3, 0.4) is 0 Å². The Morgan fingerprint density at radius 3 is 2.72 bits per heavy atom. The molecule has 9 heteroatoms. The molecule has 2 heterocycles. The van der Waals surface area contributed by atoms with E-state index >= 15 is 0 Å². The van der Waals surface area contributed by atoms with E-state index in [4.69, 9.17) is 4.74 Å². The van der Waals surface area contributed by atoms with Gasteiger partial charge in [-0.05, 0) is 51.4 Å². The summed E-state index contributed by atoms with van der Waals surface area (Å²) in [6, 6.07) is 0.716. The number of hydrogen-bond acceptors (Lipinski definition) is 6. The second-order valence-corrected chi connectivity index (χ2v) is 8.04. The Labute approximate surface area is 169 Å². The van der Waals surface area contributed by atoms with E-state index < -0.39 is 5.82 Å². The summed E-state index contributed by atoms with van der Waals surface area (Å²) >= 11 is 0. The Morgan fingerprint density at radius 2 is 2.03 bits per heavy atom. The minimum Gasteiger partial charge on any atom is -0.475 e. The zero-order valence-corrected chi connectivity index (χ0v) is 16.8. The summed E-state index contributed by atoms with van der Waals surface area (Å²) in [5, 5.41) is 10.6. The Balaban J connectivity index is 1.33. The molecule has 0 atom stereocenters. The first kappa shape index (κ1) is 19.6. The fourth-order valence-electron chi connectivity index (χ4n) is 3.72. The Hall–Kier alpha value is -2.71. The number of carbonyl (C=O) groups is 1. The average Bonchev–Trinajstić information content (AvgIpc) is 3.47. The number of rotatable bonds is 7. The van der Waals surface area contributed by atoms with Crippen LogP contribution >= 0.6 is 0 Å². The molecule has 0 spiro atoms. The zero-order valence-electron chi connectivity index (χ0n) is 16.8. The molecule has 1 amide bonds. The molecule has 2 aliphatic rings. The van der Waals surface area contributed by atoms with Crippen LogP contribution in [0.5, 0.6) is 5.88 Å². The minimum atomic E-state index is -0.576. The molecule has 2 aliphatic carbocycles. The van der Waals surface area contributed by atoms with Gasteiger partial charge in [0.1, 0.15) is 0 Å². The van der Waals surface area contributed by atoms with E-state index in [0.29, 0.717) is 18.6 Å². The summed E-state index contributed by atoms with van der Waals surface area (Å²) in [6.45, 7) is 3.86. The van der Waals surface area contributed by atoms with Crippen molar-refractivity contribution in [3.8, 4) is 5.88 Å². The van der Waals surface area contributed by atoms with Crippen molar-refractivity contribution in [2.24, 2.45) is 5.92 Å². The van der Waals surface area contributed by atoms with E-state index in [0.717, 1.165) is 56.1 Å². The molecule has 156 valence electrons. The van der Waals surface area contributed by atoms with E-state index in [2.05, 4.69) is 25.7 Å². The van der Waals surface area contributed by atoms with Gasteiger partial charge in [-0.25, -0.2) is 4.98 Å². The highest BCUT2D eigenvalue weighted by Gasteiger charge is 2.26. The largest absolute Gasteiger partial charge is 0.475 e. The van der Waals surface area contributed by atoms with Crippen molar-refractivity contribution in [2.75, 3.05) is 11.9 Å². The molecule has 2 saturated carbocycles. The quantitative estimate of drug-likeness (QED) is 0.738. The Bertz CT molecular complexity index is 874. The lowest BCUT2D eigenvalue weighted by Gasteiger charge is -2.28. The topological polar surface area (TPSA) is 94.0 Å². The number of nitrogens with zero attached hydrogens (tertiary/aromatic N) is 4. The first-order chi connectivity index (χ1) is 14.0. The zero-order chi connectivity index (χ0) is 20.4. The Kier molecular flexibility index (Phi) is 5.64. The van der Waals surface area contributed by atoms with Crippen LogP contribution < -0.4 is 15.4 Å². The van der Waals surface area contributed by atoms with Crippen molar-refractivity contribution >= 4 is 17.5 Å². The third-order valence-electron chi connectivity index (χ3n) is 5.51. The molecule has 2 aromatic rings. The number of carbonyl (C=O) groups excluding carboxylic acids is 1. The van der Waals surface area contributed by atoms with Gasteiger partial charge < -0.3 is 15.4 Å². The summed E-state index contributed by atoms with van der Waals surface area (Å²) in [5.41, 5.74) is 1.66. The van der Waals surface area contributed by atoms with Gasteiger partial charge in [-0.2, -0.15) is 14.5 Å². The highest BCUT2D eigenvalue weighted by molar-refractivity contribution is 5.73. The van der Waals surface area contributed by atoms with Gasteiger partial charge in [-0.3, -0.25) is 9.48 Å². The average molecular weight is 402 g/mol. The van der Waals surface area contributed by atoms with Crippen LogP contribution in [0.1, 0.15) is 57.2 Å². The summed E-state index contributed by atoms with van der Waals surface area (Å²) in [5.74, 6) is -0.00341. The summed E-state index contributed by atoms with van der Waals surface area (Å²) in [7, 11) is 0. The molecule has 0 saturated heterocycles. The molecule has 0 radical (unpaired) electrons. The van der Waals surface area contributed by atoms with E-state index in [1.54, 1.807) is 0 Å². The standard InChI is InChI=1S/C20H27FN6O2/c1-12-18(10-27(26-12)16-7-8-16)24-20-22-9-17(21)19(25-20)29-11-14-3-5-15(6-4-14)23-13(2)28/h9-10,14-16H,3-8,11H2,1-2H3,(H,23,28)(H,22,24,25). The smallest absolute Gasteiger partial charge is 0.255 e. The molecule has 8 nitrogen and oxygen atoms in total. The molecule has 0 aromatic carbocycles. The number of amides is 1. The van der Waals surface area contributed by atoms with E-state index in [9.17, 15) is 9.18 Å². The van der Waals surface area contributed by atoms with E-state index in [-0.39, 0.29) is 23.8 Å². The van der Waals surface area contributed by atoms with Gasteiger partial charge in [0.15, 0.2) is 0 Å². The summed E-state index contributed by atoms with van der Waals surface area (Å²) in [4.78, 5) is 19.4. The van der Waals surface area contributed by atoms with Crippen LogP contribution in [-0.4, -0.2) is 38.3 Å². The minimum absolute atomic E-state index is 0.00528. The molecular weight excluding hydrogens is 375 g/mol. The fourth-order valence-corrected chi connectivity index (χ4v) is 3.72. The molecule has 0 bridgehead atoms. The maximum absolute atomic E-state index is 14.1. The normalized spacial score (nSPS) is 21.6. The predicted octanol–water partition coefficient (Wildman–Crippen LogP) is 3.27. The maximum atomic E-state index is 14.1. The third-order valence-corrected chi connectivity index (χ3v) is 5.51. The van der Waals surface area contributed by atoms with Gasteiger partial charge in [0.05, 0.1) is 30.2 Å². The highest BCUT2D eigenvalue weighted by atomic mass is 19.1. The molecule has 2 fully saturated rings. The van der Waals surface area contributed by atoms with Crippen molar-refractivity contribution in [3.63, 3.8) is 0 Å². The SMILES string of the molecule is CC(=O)NC1CCC(COc2nc(Nc3cn(C4CC4)nc3C)ncc2F)CC1. The van der Waals surface area contributed by atoms with Gasteiger partial charge >= 0.3 is 0 Å². The predicted molar refractivity (Wildman–Crippen MR) is 106 cm³/mol. The van der Waals surface area contributed by atoms with Crippen LogP contribution in [0, 0.1) is 18.7 Å². The first-order valence-corrected chi connectivity index (χ1v) is 10.2. The van der Waals surface area contributed by atoms with Crippen LogP contribution in [0.2, 0.25) is 0 Å². The van der Waals surface area contributed by atoms with Gasteiger partial charge in [0.2, 0.25) is 17.7 Å². The van der Waals surface area contributed by atoms with Gasteiger partial charge in [0, 0.05) is 19.2 Å². The summed E-state index contributed by atoms with van der Waals surface area (Å²) in [6.07, 6.45) is 9.06. The summed E-state index contributed by atoms with van der Waals surface area (Å²) < 4.78 is 21.8. The monoisotopic (exact) mass is 402 g/mol. The number of anilines is 2. The molecule has 29 heavy (non-hydrogen) atoms. The lowest BCUT2D eigenvalue weighted by atomic mass is 9.86. The number of ether oxygens (including phenoxy) is 1. The number of aromatic nitrogens is 4. The van der Waals surface area contributed by atoms with Gasteiger partial charge in [-0.15, -0.1) is 0 Å². The molecular formula is C20H27FN6O2. The fraction of sp³-hybridized carbons (Fsp3) is 0.600. The number of halogens is 1. The molecule has 4 rings (SSSR count). The van der Waals surface area contributed by atoms with Crippen molar-refractivity contribution in [2.45, 2.75) is 64.5 Å².